The van der Waals surface area contributed by atoms with Crippen LogP contribution in [0.25, 0.3) is 0 Å². The Kier molecular flexibility index (Phi) is 5.51. The van der Waals surface area contributed by atoms with E-state index < -0.39 is 0 Å². The van der Waals surface area contributed by atoms with Crippen molar-refractivity contribution in [2.45, 2.75) is 39.8 Å². The lowest BCUT2D eigenvalue weighted by molar-refractivity contribution is 0.331. The second-order valence-electron chi connectivity index (χ2n) is 3.28. The van der Waals surface area contributed by atoms with Gasteiger partial charge in [0.25, 0.3) is 0 Å². The Balaban J connectivity index is 3.70. The van der Waals surface area contributed by atoms with Crippen molar-refractivity contribution in [2.24, 2.45) is 5.92 Å². The van der Waals surface area contributed by atoms with Crippen LogP contribution in [0.5, 0.6) is 0 Å². The van der Waals surface area contributed by atoms with Crippen LogP contribution < -0.4 is 10.6 Å². The summed E-state index contributed by atoms with van der Waals surface area (Å²) < 4.78 is 0. The summed E-state index contributed by atoms with van der Waals surface area (Å²) in [6, 6.07) is 1.19. The first kappa shape index (κ1) is 10.9. The van der Waals surface area contributed by atoms with Crippen LogP contribution in [0.4, 0.5) is 0 Å². The molecule has 0 rings (SSSR count). The lowest BCUT2D eigenvalue weighted by atomic mass is 9.96. The molecular weight excluding hydrogens is 136 g/mol. The van der Waals surface area contributed by atoms with Crippen LogP contribution in [0.2, 0.25) is 0 Å². The molecule has 2 heteroatoms. The van der Waals surface area contributed by atoms with Crippen molar-refractivity contribution < 1.29 is 0 Å². The lowest BCUT2D eigenvalue weighted by Crippen LogP contribution is -2.41. The average Bonchev–Trinajstić information content (AvgIpc) is 2.02. The fraction of sp³-hybridized carbons (Fsp3) is 1.00. The SMILES string of the molecule is CCN[C@@H](C)[C@@H](C)C(C)NC. The van der Waals surface area contributed by atoms with Crippen LogP contribution in [0.15, 0.2) is 0 Å². The number of nitrogens with one attached hydrogen (secondary N) is 2. The molecule has 0 aliphatic heterocycles. The first-order valence-corrected chi connectivity index (χ1v) is 4.54. The van der Waals surface area contributed by atoms with E-state index in [1.54, 1.807) is 0 Å². The molecule has 0 aliphatic carbocycles. The van der Waals surface area contributed by atoms with E-state index in [-0.39, 0.29) is 0 Å². The molecule has 0 heterocycles. The molecule has 0 spiro atoms. The molecule has 0 saturated heterocycles. The normalized spacial score (nSPS) is 19.4. The molecule has 0 aromatic carbocycles. The molecule has 2 N–H and O–H groups in total. The first-order chi connectivity index (χ1) is 5.13. The van der Waals surface area contributed by atoms with Crippen LogP contribution in [0.3, 0.4) is 0 Å². The van der Waals surface area contributed by atoms with E-state index in [1.807, 2.05) is 7.05 Å². The predicted molar refractivity (Wildman–Crippen MR) is 50.8 cm³/mol. The van der Waals surface area contributed by atoms with Crippen LogP contribution in [-0.4, -0.2) is 25.7 Å². The highest BCUT2D eigenvalue weighted by molar-refractivity contribution is 4.75. The summed E-state index contributed by atoms with van der Waals surface area (Å²) in [4.78, 5) is 0. The van der Waals surface area contributed by atoms with E-state index in [1.165, 1.54) is 0 Å². The smallest absolute Gasteiger partial charge is 0.00789 e. The van der Waals surface area contributed by atoms with Crippen molar-refractivity contribution in [1.29, 1.82) is 0 Å². The van der Waals surface area contributed by atoms with E-state index in [4.69, 9.17) is 0 Å². The van der Waals surface area contributed by atoms with Crippen molar-refractivity contribution >= 4 is 0 Å². The molecule has 0 aromatic rings. The Bertz CT molecular complexity index is 93.6. The predicted octanol–water partition coefficient (Wildman–Crippen LogP) is 1.23. The molecule has 2 nitrogen and oxygen atoms in total. The highest BCUT2D eigenvalue weighted by Crippen LogP contribution is 2.06. The molecule has 0 fully saturated rings. The van der Waals surface area contributed by atoms with Crippen LogP contribution in [0.1, 0.15) is 27.7 Å². The fourth-order valence-electron chi connectivity index (χ4n) is 1.20. The fourth-order valence-corrected chi connectivity index (χ4v) is 1.20. The van der Waals surface area contributed by atoms with Gasteiger partial charge in [-0.1, -0.05) is 13.8 Å². The number of rotatable bonds is 5. The summed E-state index contributed by atoms with van der Waals surface area (Å²) in [5, 5.41) is 6.68. The Hall–Kier alpha value is -0.0800. The zero-order valence-electron chi connectivity index (χ0n) is 8.44. The minimum Gasteiger partial charge on any atom is -0.317 e. The van der Waals surface area contributed by atoms with Crippen LogP contribution in [0, 0.1) is 5.92 Å². The summed E-state index contributed by atoms with van der Waals surface area (Å²) in [7, 11) is 2.01. The van der Waals surface area contributed by atoms with Gasteiger partial charge in [-0.05, 0) is 33.4 Å². The van der Waals surface area contributed by atoms with Gasteiger partial charge in [0.1, 0.15) is 0 Å². The molecule has 0 radical (unpaired) electrons. The van der Waals surface area contributed by atoms with Gasteiger partial charge < -0.3 is 10.6 Å². The van der Waals surface area contributed by atoms with E-state index in [2.05, 4.69) is 38.3 Å². The quantitative estimate of drug-likeness (QED) is 0.629. The summed E-state index contributed by atoms with van der Waals surface area (Å²) in [6.07, 6.45) is 0. The summed E-state index contributed by atoms with van der Waals surface area (Å²) in [5.74, 6) is 0.681. The second kappa shape index (κ2) is 5.56. The summed E-state index contributed by atoms with van der Waals surface area (Å²) >= 11 is 0. The third-order valence-electron chi connectivity index (χ3n) is 2.56. The van der Waals surface area contributed by atoms with Gasteiger partial charge in [0.15, 0.2) is 0 Å². The van der Waals surface area contributed by atoms with Gasteiger partial charge in [0.2, 0.25) is 0 Å². The zero-order chi connectivity index (χ0) is 8.85. The van der Waals surface area contributed by atoms with Crippen molar-refractivity contribution in [1.82, 2.24) is 10.6 Å². The van der Waals surface area contributed by atoms with Crippen molar-refractivity contribution in [2.75, 3.05) is 13.6 Å². The number of hydrogen-bond acceptors (Lipinski definition) is 2. The van der Waals surface area contributed by atoms with Gasteiger partial charge in [0, 0.05) is 12.1 Å². The first-order valence-electron chi connectivity index (χ1n) is 4.54. The van der Waals surface area contributed by atoms with Crippen molar-refractivity contribution in [3.63, 3.8) is 0 Å². The monoisotopic (exact) mass is 158 g/mol. The van der Waals surface area contributed by atoms with E-state index in [9.17, 15) is 0 Å². The average molecular weight is 158 g/mol. The van der Waals surface area contributed by atoms with Gasteiger partial charge >= 0.3 is 0 Å². The zero-order valence-corrected chi connectivity index (χ0v) is 8.44. The molecule has 0 amide bonds. The highest BCUT2D eigenvalue weighted by atomic mass is 14.9. The Morgan fingerprint density at radius 2 is 1.64 bits per heavy atom. The van der Waals surface area contributed by atoms with E-state index in [0.717, 1.165) is 6.54 Å². The largest absolute Gasteiger partial charge is 0.317 e. The molecular formula is C9H22N2. The molecule has 0 saturated carbocycles. The molecule has 0 aliphatic rings. The molecule has 0 bridgehead atoms. The topological polar surface area (TPSA) is 24.1 Å². The van der Waals surface area contributed by atoms with Crippen molar-refractivity contribution in [3.05, 3.63) is 0 Å². The van der Waals surface area contributed by atoms with Crippen LogP contribution >= 0.6 is 0 Å². The van der Waals surface area contributed by atoms with Gasteiger partial charge in [-0.25, -0.2) is 0 Å². The standard InChI is InChI=1S/C9H22N2/c1-6-11-9(4)7(2)8(3)10-5/h7-11H,6H2,1-5H3/t7-,8?,9-/m0/s1. The van der Waals surface area contributed by atoms with Gasteiger partial charge in [-0.15, -0.1) is 0 Å². The highest BCUT2D eigenvalue weighted by Gasteiger charge is 2.15. The molecule has 3 atom stereocenters. The van der Waals surface area contributed by atoms with E-state index in [0.29, 0.717) is 18.0 Å². The Morgan fingerprint density at radius 3 is 2.00 bits per heavy atom. The molecule has 11 heavy (non-hydrogen) atoms. The molecule has 0 aromatic heterocycles. The second-order valence-corrected chi connectivity index (χ2v) is 3.28. The Labute approximate surface area is 70.8 Å². The summed E-state index contributed by atoms with van der Waals surface area (Å²) in [6.45, 7) is 9.93. The van der Waals surface area contributed by atoms with Gasteiger partial charge in [0.05, 0.1) is 0 Å². The maximum absolute atomic E-state index is 3.42. The third kappa shape index (κ3) is 3.73. The van der Waals surface area contributed by atoms with E-state index >= 15 is 0 Å². The minimum atomic E-state index is 0.587. The Morgan fingerprint density at radius 1 is 1.09 bits per heavy atom. The lowest BCUT2D eigenvalue weighted by Gasteiger charge is -2.26. The number of hydrogen-bond donors (Lipinski definition) is 2. The minimum absolute atomic E-state index is 0.587. The van der Waals surface area contributed by atoms with Gasteiger partial charge in [-0.3, -0.25) is 0 Å². The van der Waals surface area contributed by atoms with Crippen LogP contribution in [-0.2, 0) is 0 Å². The maximum atomic E-state index is 3.42. The third-order valence-corrected chi connectivity index (χ3v) is 2.56. The summed E-state index contributed by atoms with van der Waals surface area (Å²) in [5.41, 5.74) is 0. The molecule has 68 valence electrons. The van der Waals surface area contributed by atoms with Crippen molar-refractivity contribution in [3.8, 4) is 0 Å². The maximum Gasteiger partial charge on any atom is 0.00789 e. The molecule has 1 unspecified atom stereocenters. The van der Waals surface area contributed by atoms with Gasteiger partial charge in [-0.2, -0.15) is 0 Å².